The molecule has 4 aliphatic carbocycles. The summed E-state index contributed by atoms with van der Waals surface area (Å²) in [6, 6.07) is 15.3. The topological polar surface area (TPSA) is 94.6 Å². The van der Waals surface area contributed by atoms with E-state index in [2.05, 4.69) is 39.8 Å². The molecular weight excluding hydrogens is 672 g/mol. The molecule has 0 bridgehead atoms. The molecule has 0 radical (unpaired) electrons. The van der Waals surface area contributed by atoms with Gasteiger partial charge in [0.1, 0.15) is 29.0 Å². The highest BCUT2D eigenvalue weighted by atomic mass is 35.5. The minimum Gasteiger partial charge on any atom is -0.459 e. The molecule has 0 saturated carbocycles. The quantitative estimate of drug-likeness (QED) is 0.173. The zero-order valence-corrected chi connectivity index (χ0v) is 31.0. The number of fused-ring (bicyclic) bond motifs is 10. The first-order valence-corrected chi connectivity index (χ1v) is 18.6. The molecule has 0 aliphatic heterocycles. The van der Waals surface area contributed by atoms with E-state index >= 15 is 0 Å². The third-order valence-corrected chi connectivity index (χ3v) is 12.8. The summed E-state index contributed by atoms with van der Waals surface area (Å²) < 4.78 is 13.6. The smallest absolute Gasteiger partial charge is 0.237 e. The van der Waals surface area contributed by atoms with Gasteiger partial charge < -0.3 is 8.83 Å². The highest BCUT2D eigenvalue weighted by molar-refractivity contribution is 6.54. The lowest BCUT2D eigenvalue weighted by Crippen LogP contribution is -2.29. The highest BCUT2D eigenvalue weighted by Gasteiger charge is 2.45. The van der Waals surface area contributed by atoms with E-state index in [0.29, 0.717) is 67.0 Å². The van der Waals surface area contributed by atoms with Gasteiger partial charge in [0.25, 0.3) is 0 Å². The fraction of sp³-hybridized carbons (Fsp3) is 0.333. The Morgan fingerprint density at radius 2 is 1.02 bits per heavy atom. The highest BCUT2D eigenvalue weighted by Crippen LogP contribution is 2.52. The monoisotopic (exact) mass is 710 g/mol. The SMILES string of the molecule is Cc1c(C(c2ccccc2Cl)c2oc3c(c2C)C(=O)C(=O)c2c-3ccc3c2CCCC3(C)C)oc2c1C(=O)C(=O)c1c-2ccc2c1CCCC2(C)C. The minimum absolute atomic E-state index is 0.117. The fourth-order valence-corrected chi connectivity index (χ4v) is 10.0. The summed E-state index contributed by atoms with van der Waals surface area (Å²) in [6.07, 6.45) is 5.29. The van der Waals surface area contributed by atoms with E-state index in [0.717, 1.165) is 60.8 Å². The average molecular weight is 711 g/mol. The number of Topliss-reactive ketones (excluding diaryl/α,β-unsaturated/α-hetero) is 4. The molecule has 2 heterocycles. The van der Waals surface area contributed by atoms with Crippen LogP contribution in [0.1, 0.15) is 151 Å². The van der Waals surface area contributed by atoms with Crippen LogP contribution in [0.15, 0.2) is 57.4 Å². The molecule has 2 aromatic heterocycles. The Hall–Kier alpha value is -4.81. The van der Waals surface area contributed by atoms with Crippen molar-refractivity contribution in [1.29, 1.82) is 0 Å². The van der Waals surface area contributed by atoms with Crippen molar-refractivity contribution in [3.8, 4) is 22.6 Å². The molecule has 6 nitrogen and oxygen atoms in total. The Morgan fingerprint density at radius 1 is 0.596 bits per heavy atom. The molecule has 7 heteroatoms. The predicted molar refractivity (Wildman–Crippen MR) is 199 cm³/mol. The van der Waals surface area contributed by atoms with Crippen molar-refractivity contribution in [3.63, 3.8) is 0 Å². The van der Waals surface area contributed by atoms with Crippen molar-refractivity contribution in [1.82, 2.24) is 0 Å². The Labute approximate surface area is 307 Å². The normalized spacial score (nSPS) is 18.1. The summed E-state index contributed by atoms with van der Waals surface area (Å²) in [5.41, 5.74) is 8.06. The lowest BCUT2D eigenvalue weighted by molar-refractivity contribution is 0.0813. The first-order chi connectivity index (χ1) is 24.7. The zero-order chi connectivity index (χ0) is 36.6. The van der Waals surface area contributed by atoms with Gasteiger partial charge in [-0.2, -0.15) is 0 Å². The molecule has 0 amide bonds. The Morgan fingerprint density at radius 3 is 1.46 bits per heavy atom. The van der Waals surface area contributed by atoms with Gasteiger partial charge in [-0.3, -0.25) is 19.2 Å². The van der Waals surface area contributed by atoms with E-state index < -0.39 is 29.1 Å². The molecule has 9 rings (SSSR count). The number of ketones is 4. The van der Waals surface area contributed by atoms with Crippen molar-refractivity contribution < 1.29 is 28.0 Å². The van der Waals surface area contributed by atoms with Crippen LogP contribution in [0, 0.1) is 13.8 Å². The van der Waals surface area contributed by atoms with E-state index in [-0.39, 0.29) is 22.0 Å². The lowest BCUT2D eigenvalue weighted by atomic mass is 9.69. The van der Waals surface area contributed by atoms with Crippen molar-refractivity contribution in [2.24, 2.45) is 0 Å². The van der Waals surface area contributed by atoms with E-state index in [1.54, 1.807) is 19.9 Å². The van der Waals surface area contributed by atoms with E-state index in [1.165, 1.54) is 0 Å². The Balaban J connectivity index is 1.28. The summed E-state index contributed by atoms with van der Waals surface area (Å²) in [4.78, 5) is 56.2. The molecule has 4 aliphatic rings. The molecule has 262 valence electrons. The summed E-state index contributed by atoms with van der Waals surface area (Å²) in [5.74, 6) is -1.51. The molecule has 3 aromatic carbocycles. The predicted octanol–water partition coefficient (Wildman–Crippen LogP) is 10.6. The van der Waals surface area contributed by atoms with Crippen LogP contribution in [-0.2, 0) is 23.7 Å². The fourth-order valence-electron chi connectivity index (χ4n) is 9.77. The number of carbonyl (C=O) groups is 4. The lowest BCUT2D eigenvalue weighted by Gasteiger charge is -2.34. The maximum Gasteiger partial charge on any atom is 0.237 e. The van der Waals surface area contributed by atoms with Crippen LogP contribution in [0.2, 0.25) is 5.02 Å². The second kappa shape index (κ2) is 11.1. The first-order valence-electron chi connectivity index (χ1n) is 18.3. The van der Waals surface area contributed by atoms with Gasteiger partial charge in [0.05, 0.1) is 11.1 Å². The van der Waals surface area contributed by atoms with Crippen LogP contribution in [0.5, 0.6) is 0 Å². The van der Waals surface area contributed by atoms with Crippen LogP contribution in [-0.4, -0.2) is 23.1 Å². The molecule has 0 fully saturated rings. The molecule has 0 spiro atoms. The number of furan rings is 2. The van der Waals surface area contributed by atoms with Gasteiger partial charge in [-0.1, -0.05) is 81.8 Å². The van der Waals surface area contributed by atoms with Gasteiger partial charge in [0.2, 0.25) is 23.1 Å². The largest absolute Gasteiger partial charge is 0.459 e. The third-order valence-electron chi connectivity index (χ3n) is 12.5. The summed E-state index contributed by atoms with van der Waals surface area (Å²) in [6.45, 7) is 12.3. The van der Waals surface area contributed by atoms with Crippen molar-refractivity contribution >= 4 is 34.7 Å². The summed E-state index contributed by atoms with van der Waals surface area (Å²) >= 11 is 6.93. The molecule has 0 N–H and O–H groups in total. The zero-order valence-electron chi connectivity index (χ0n) is 30.3. The average Bonchev–Trinajstić information content (AvgIpc) is 3.63. The third kappa shape index (κ3) is 4.36. The number of carbonyl (C=O) groups excluding carboxylic acids is 4. The molecule has 5 aromatic rings. The van der Waals surface area contributed by atoms with Crippen LogP contribution in [0.25, 0.3) is 22.6 Å². The molecular formula is C45H39ClO6. The van der Waals surface area contributed by atoms with Gasteiger partial charge in [-0.05, 0) is 97.1 Å². The number of halogens is 1. The Kier molecular flexibility index (Phi) is 7.05. The number of hydrogen-bond acceptors (Lipinski definition) is 6. The molecule has 0 saturated heterocycles. The van der Waals surface area contributed by atoms with Crippen molar-refractivity contribution in [2.45, 2.75) is 96.8 Å². The maximum atomic E-state index is 14.1. The van der Waals surface area contributed by atoms with Crippen molar-refractivity contribution in [2.75, 3.05) is 0 Å². The van der Waals surface area contributed by atoms with E-state index in [4.69, 9.17) is 20.4 Å². The molecule has 52 heavy (non-hydrogen) atoms. The minimum atomic E-state index is -0.796. The van der Waals surface area contributed by atoms with Crippen molar-refractivity contribution in [3.05, 3.63) is 126 Å². The number of hydrogen-bond donors (Lipinski definition) is 0. The number of rotatable bonds is 3. The van der Waals surface area contributed by atoms with Gasteiger partial charge in [0.15, 0.2) is 0 Å². The van der Waals surface area contributed by atoms with Gasteiger partial charge in [-0.15, -0.1) is 0 Å². The van der Waals surface area contributed by atoms with Crippen LogP contribution < -0.4 is 0 Å². The van der Waals surface area contributed by atoms with Crippen LogP contribution in [0.3, 0.4) is 0 Å². The van der Waals surface area contributed by atoms with E-state index in [1.807, 2.05) is 30.3 Å². The number of benzene rings is 3. The maximum absolute atomic E-state index is 14.1. The Bertz CT molecular complexity index is 2330. The second-order valence-electron chi connectivity index (χ2n) is 16.4. The molecule has 0 unspecified atom stereocenters. The van der Waals surface area contributed by atoms with E-state index in [9.17, 15) is 19.2 Å². The first kappa shape index (κ1) is 33.1. The van der Waals surface area contributed by atoms with Gasteiger partial charge >= 0.3 is 0 Å². The van der Waals surface area contributed by atoms with Gasteiger partial charge in [0, 0.05) is 38.4 Å². The van der Waals surface area contributed by atoms with Crippen LogP contribution >= 0.6 is 11.6 Å². The second-order valence-corrected chi connectivity index (χ2v) is 16.8. The summed E-state index contributed by atoms with van der Waals surface area (Å²) in [7, 11) is 0. The van der Waals surface area contributed by atoms with Crippen LogP contribution in [0.4, 0.5) is 0 Å². The molecule has 0 atom stereocenters. The summed E-state index contributed by atoms with van der Waals surface area (Å²) in [5, 5.41) is 0.438. The van der Waals surface area contributed by atoms with Gasteiger partial charge in [-0.25, -0.2) is 0 Å². The standard InChI is InChI=1S/C45H39ClO6/c1-21-31-36(47)38(49)33-23-12-9-19-44(3,4)28(23)17-15-26(33)42(31)51-40(21)35(25-11-7-8-14-30(25)46)41-22(2)32-37(48)39(50)34-24-13-10-20-45(5,6)29(24)18-16-27(34)43(32)52-41/h7-8,11,14-18,35H,9-10,12-13,19-20H2,1-6H3.